The zero-order valence-electron chi connectivity index (χ0n) is 19.4. The zero-order valence-corrected chi connectivity index (χ0v) is 20.2. The molecular formula is C28H25N3O2S. The highest BCUT2D eigenvalue weighted by Gasteiger charge is 2.25. The predicted octanol–water partition coefficient (Wildman–Crippen LogP) is 6.50. The highest BCUT2D eigenvalue weighted by atomic mass is 32.2. The number of hydrogen-bond donors (Lipinski definition) is 1. The van der Waals surface area contributed by atoms with Gasteiger partial charge in [-0.25, -0.2) is 4.98 Å². The Bertz CT molecular complexity index is 1370. The number of rotatable bonds is 5. The Hall–Kier alpha value is -3.64. The first-order valence-corrected chi connectivity index (χ1v) is 12.2. The van der Waals surface area contributed by atoms with Gasteiger partial charge in [0.2, 0.25) is 11.8 Å². The fourth-order valence-corrected chi connectivity index (χ4v) is 5.00. The van der Waals surface area contributed by atoms with Crippen molar-refractivity contribution in [2.45, 2.75) is 32.2 Å². The molecule has 4 aromatic rings. The fraction of sp³-hybridized carbons (Fsp3) is 0.179. The van der Waals surface area contributed by atoms with Gasteiger partial charge in [0.25, 0.3) is 0 Å². The van der Waals surface area contributed by atoms with E-state index in [4.69, 9.17) is 14.7 Å². The molecule has 1 N–H and O–H groups in total. The predicted molar refractivity (Wildman–Crippen MR) is 137 cm³/mol. The van der Waals surface area contributed by atoms with Gasteiger partial charge in [0.1, 0.15) is 10.8 Å². The van der Waals surface area contributed by atoms with E-state index in [1.165, 1.54) is 11.8 Å². The second kappa shape index (κ2) is 9.31. The molecule has 5 rings (SSSR count). The molecule has 0 saturated carbocycles. The lowest BCUT2D eigenvalue weighted by Crippen LogP contribution is -2.15. The summed E-state index contributed by atoms with van der Waals surface area (Å²) in [6.07, 6.45) is 0.669. The molecule has 0 unspecified atom stereocenters. The number of hydrogen-bond acceptors (Lipinski definition) is 5. The Kier molecular flexibility index (Phi) is 6.07. The second-order valence-electron chi connectivity index (χ2n) is 8.56. The minimum atomic E-state index is -0.0726. The maximum absolute atomic E-state index is 12.8. The number of benzene rings is 3. The average molecular weight is 468 g/mol. The molecule has 1 aromatic heterocycles. The summed E-state index contributed by atoms with van der Waals surface area (Å²) in [5.74, 6) is 2.18. The highest BCUT2D eigenvalue weighted by Crippen LogP contribution is 2.41. The van der Waals surface area contributed by atoms with Crippen LogP contribution in [0, 0.1) is 20.8 Å². The number of carbonyl (C=O) groups excluding carboxylic acids is 1. The van der Waals surface area contributed by atoms with Crippen LogP contribution < -0.4 is 10.1 Å². The first-order chi connectivity index (χ1) is 16.5. The zero-order chi connectivity index (χ0) is 23.7. The van der Waals surface area contributed by atoms with Crippen LogP contribution in [-0.4, -0.2) is 21.6 Å². The largest absolute Gasteiger partial charge is 0.438 e. The molecule has 0 aliphatic carbocycles. The minimum Gasteiger partial charge on any atom is -0.438 e. The van der Waals surface area contributed by atoms with Gasteiger partial charge in [-0.2, -0.15) is 4.98 Å². The third-order valence-electron chi connectivity index (χ3n) is 5.67. The van der Waals surface area contributed by atoms with E-state index >= 15 is 0 Å². The van der Waals surface area contributed by atoms with Gasteiger partial charge in [0.05, 0.1) is 11.3 Å². The van der Waals surface area contributed by atoms with Gasteiger partial charge in [0, 0.05) is 17.7 Å². The van der Waals surface area contributed by atoms with E-state index in [1.54, 1.807) is 0 Å². The van der Waals surface area contributed by atoms with Crippen molar-refractivity contribution < 1.29 is 9.53 Å². The maximum Gasteiger partial charge on any atom is 0.234 e. The summed E-state index contributed by atoms with van der Waals surface area (Å²) in [5, 5.41) is 3.78. The number of aromatic nitrogens is 2. The molecule has 0 saturated heterocycles. The summed E-state index contributed by atoms with van der Waals surface area (Å²) in [4.78, 5) is 22.4. The summed E-state index contributed by atoms with van der Waals surface area (Å²) in [5.41, 5.74) is 7.05. The lowest BCUT2D eigenvalue weighted by Gasteiger charge is -2.23. The Labute approximate surface area is 203 Å². The van der Waals surface area contributed by atoms with Crippen LogP contribution in [-0.2, 0) is 11.2 Å². The van der Waals surface area contributed by atoms with Gasteiger partial charge in [-0.3, -0.25) is 4.79 Å². The third-order valence-corrected chi connectivity index (χ3v) is 6.69. The maximum atomic E-state index is 12.8. The van der Waals surface area contributed by atoms with Gasteiger partial charge in [-0.1, -0.05) is 66.4 Å². The monoisotopic (exact) mass is 467 g/mol. The summed E-state index contributed by atoms with van der Waals surface area (Å²) in [6, 6.07) is 22.0. The first-order valence-electron chi connectivity index (χ1n) is 11.2. The molecule has 170 valence electrons. The second-order valence-corrected chi connectivity index (χ2v) is 9.52. The van der Waals surface area contributed by atoms with Gasteiger partial charge in [-0.05, 0) is 55.2 Å². The van der Waals surface area contributed by atoms with E-state index < -0.39 is 0 Å². The van der Waals surface area contributed by atoms with Crippen molar-refractivity contribution >= 4 is 23.4 Å². The molecule has 1 aliphatic rings. The van der Waals surface area contributed by atoms with Crippen LogP contribution in [0.25, 0.3) is 11.4 Å². The van der Waals surface area contributed by atoms with Crippen molar-refractivity contribution in [2.24, 2.45) is 0 Å². The van der Waals surface area contributed by atoms with E-state index in [-0.39, 0.29) is 11.7 Å². The number of aryl methyl sites for hydroxylation is 3. The molecule has 0 fully saturated rings. The molecule has 1 aliphatic heterocycles. The number of para-hydroxylation sites is 1. The third kappa shape index (κ3) is 4.68. The lowest BCUT2D eigenvalue weighted by molar-refractivity contribution is -0.113. The van der Waals surface area contributed by atoms with Crippen molar-refractivity contribution in [1.29, 1.82) is 0 Å². The number of fused-ring (bicyclic) bond motifs is 2. The van der Waals surface area contributed by atoms with E-state index in [2.05, 4.69) is 17.4 Å². The van der Waals surface area contributed by atoms with Crippen LogP contribution in [0.5, 0.6) is 11.6 Å². The molecular weight excluding hydrogens is 442 g/mol. The summed E-state index contributed by atoms with van der Waals surface area (Å²) in [7, 11) is 0. The smallest absolute Gasteiger partial charge is 0.234 e. The molecule has 0 radical (unpaired) electrons. The van der Waals surface area contributed by atoms with E-state index in [0.29, 0.717) is 18.1 Å². The molecule has 0 atom stereocenters. The van der Waals surface area contributed by atoms with Crippen molar-refractivity contribution in [3.8, 4) is 23.0 Å². The molecule has 5 nitrogen and oxygen atoms in total. The van der Waals surface area contributed by atoms with Gasteiger partial charge in [-0.15, -0.1) is 0 Å². The summed E-state index contributed by atoms with van der Waals surface area (Å²) >= 11 is 1.42. The number of nitrogens with one attached hydrogen (secondary N) is 1. The SMILES string of the molecule is Cc1cc(C)cc(NC(=O)CSc2nc(-c3ccccc3)nc3c2Cc2cccc(C)c2O3)c1. The van der Waals surface area contributed by atoms with Crippen LogP contribution in [0.3, 0.4) is 0 Å². The van der Waals surface area contributed by atoms with Crippen LogP contribution in [0.1, 0.15) is 27.8 Å². The molecule has 0 bridgehead atoms. The van der Waals surface area contributed by atoms with Crippen molar-refractivity contribution in [2.75, 3.05) is 11.1 Å². The normalized spacial score (nSPS) is 11.9. The lowest BCUT2D eigenvalue weighted by atomic mass is 10.0. The molecule has 34 heavy (non-hydrogen) atoms. The Morgan fingerprint density at radius 1 is 0.971 bits per heavy atom. The van der Waals surface area contributed by atoms with E-state index in [9.17, 15) is 4.79 Å². The van der Waals surface area contributed by atoms with Gasteiger partial charge < -0.3 is 10.1 Å². The molecule has 1 amide bonds. The van der Waals surface area contributed by atoms with E-state index in [1.807, 2.05) is 75.4 Å². The standard InChI is InChI=1S/C28H25N3O2S/c1-17-12-18(2)14-22(13-17)29-24(32)16-34-28-23-15-21-11-7-8-19(3)25(21)33-27(23)30-26(31-28)20-9-5-4-6-10-20/h4-14H,15-16H2,1-3H3,(H,29,32). The Balaban J connectivity index is 1.44. The van der Waals surface area contributed by atoms with E-state index in [0.717, 1.165) is 49.8 Å². The van der Waals surface area contributed by atoms with Crippen LogP contribution in [0.2, 0.25) is 0 Å². The van der Waals surface area contributed by atoms with Crippen molar-refractivity contribution in [3.05, 3.63) is 94.5 Å². The van der Waals surface area contributed by atoms with Crippen molar-refractivity contribution in [3.63, 3.8) is 0 Å². The van der Waals surface area contributed by atoms with Crippen LogP contribution >= 0.6 is 11.8 Å². The number of nitrogens with zero attached hydrogens (tertiary/aromatic N) is 2. The number of carbonyl (C=O) groups is 1. The minimum absolute atomic E-state index is 0.0726. The molecule has 2 heterocycles. The summed E-state index contributed by atoms with van der Waals surface area (Å²) < 4.78 is 6.27. The summed E-state index contributed by atoms with van der Waals surface area (Å²) in [6.45, 7) is 6.08. The van der Waals surface area contributed by atoms with Gasteiger partial charge >= 0.3 is 0 Å². The fourth-order valence-electron chi connectivity index (χ4n) is 4.18. The number of ether oxygens (including phenoxy) is 1. The van der Waals surface area contributed by atoms with Gasteiger partial charge in [0.15, 0.2) is 5.82 Å². The average Bonchev–Trinajstić information content (AvgIpc) is 2.81. The topological polar surface area (TPSA) is 64.1 Å². The van der Waals surface area contributed by atoms with Crippen molar-refractivity contribution in [1.82, 2.24) is 9.97 Å². The van der Waals surface area contributed by atoms with Crippen LogP contribution in [0.4, 0.5) is 5.69 Å². The number of anilines is 1. The number of amides is 1. The Morgan fingerprint density at radius 3 is 2.50 bits per heavy atom. The Morgan fingerprint density at radius 2 is 1.74 bits per heavy atom. The quantitative estimate of drug-likeness (QED) is 0.236. The number of thioether (sulfide) groups is 1. The first kappa shape index (κ1) is 22.2. The highest BCUT2D eigenvalue weighted by molar-refractivity contribution is 8.00. The van der Waals surface area contributed by atoms with Crippen LogP contribution in [0.15, 0.2) is 71.8 Å². The molecule has 0 spiro atoms. The molecule has 3 aromatic carbocycles. The molecule has 6 heteroatoms.